The Kier molecular flexibility index (Phi) is 5.43. The Labute approximate surface area is 196 Å². The molecule has 170 valence electrons. The predicted molar refractivity (Wildman–Crippen MR) is 129 cm³/mol. The maximum Gasteiger partial charge on any atom is 0.186 e. The third-order valence-corrected chi connectivity index (χ3v) is 7.97. The molecule has 1 aliphatic heterocycles. The van der Waals surface area contributed by atoms with Crippen molar-refractivity contribution >= 4 is 26.7 Å². The van der Waals surface area contributed by atoms with Gasteiger partial charge in [0.25, 0.3) is 0 Å². The minimum Gasteiger partial charge on any atom is -0.508 e. The molecule has 1 aliphatic carbocycles. The maximum absolute atomic E-state index is 9.86. The molecule has 4 aromatic rings. The summed E-state index contributed by atoms with van der Waals surface area (Å²) in [4.78, 5) is 9.70. The summed E-state index contributed by atoms with van der Waals surface area (Å²) >= 11 is 1.76. The Morgan fingerprint density at radius 1 is 0.939 bits per heavy atom. The third kappa shape index (κ3) is 3.95. The zero-order valence-electron chi connectivity index (χ0n) is 18.4. The van der Waals surface area contributed by atoms with Gasteiger partial charge in [0, 0.05) is 26.2 Å². The van der Waals surface area contributed by atoms with Gasteiger partial charge >= 0.3 is 0 Å². The second kappa shape index (κ2) is 8.72. The summed E-state index contributed by atoms with van der Waals surface area (Å²) in [5, 5.41) is 23.9. The van der Waals surface area contributed by atoms with Crippen LogP contribution < -0.4 is 4.90 Å². The van der Waals surface area contributed by atoms with Crippen LogP contribution in [0.15, 0.2) is 48.5 Å². The van der Waals surface area contributed by atoms with Crippen molar-refractivity contribution in [2.75, 3.05) is 31.1 Å². The number of hydrogen-bond acceptors (Lipinski definition) is 8. The van der Waals surface area contributed by atoms with Gasteiger partial charge in [-0.1, -0.05) is 48.4 Å². The number of anilines is 1. The van der Waals surface area contributed by atoms with Crippen LogP contribution in [-0.2, 0) is 0 Å². The lowest BCUT2D eigenvalue weighted by molar-refractivity contribution is 0.197. The molecular weight excluding hydrogens is 434 g/mol. The highest BCUT2D eigenvalue weighted by Gasteiger charge is 2.33. The van der Waals surface area contributed by atoms with Crippen molar-refractivity contribution in [1.29, 1.82) is 0 Å². The van der Waals surface area contributed by atoms with Crippen LogP contribution in [-0.4, -0.2) is 61.4 Å². The molecule has 8 nitrogen and oxygen atoms in total. The van der Waals surface area contributed by atoms with E-state index in [0.29, 0.717) is 6.04 Å². The van der Waals surface area contributed by atoms with Crippen LogP contribution >= 0.6 is 11.3 Å². The van der Waals surface area contributed by atoms with Crippen LogP contribution in [0.25, 0.3) is 10.2 Å². The number of phenolic OH excluding ortho intramolecular Hbond substituents is 1. The van der Waals surface area contributed by atoms with E-state index >= 15 is 0 Å². The van der Waals surface area contributed by atoms with Gasteiger partial charge in [0.2, 0.25) is 0 Å². The van der Waals surface area contributed by atoms with Crippen LogP contribution in [0, 0.1) is 0 Å². The molecule has 0 spiro atoms. The number of aromatic hydroxyl groups is 1. The summed E-state index contributed by atoms with van der Waals surface area (Å²) in [6.07, 6.45) is 4.72. The van der Waals surface area contributed by atoms with Gasteiger partial charge in [-0.2, -0.15) is 0 Å². The first-order valence-corrected chi connectivity index (χ1v) is 12.5. The van der Waals surface area contributed by atoms with Crippen molar-refractivity contribution in [3.8, 4) is 5.75 Å². The third-order valence-electron chi connectivity index (χ3n) is 6.87. The van der Waals surface area contributed by atoms with Gasteiger partial charge < -0.3 is 10.0 Å². The Balaban J connectivity index is 1.28. The van der Waals surface area contributed by atoms with E-state index in [0.717, 1.165) is 61.1 Å². The number of benzene rings is 2. The van der Waals surface area contributed by atoms with Crippen molar-refractivity contribution in [2.24, 2.45) is 0 Å². The molecule has 1 saturated carbocycles. The smallest absolute Gasteiger partial charge is 0.186 e. The Bertz CT molecular complexity index is 1190. The number of thiazole rings is 1. The number of tetrazole rings is 1. The van der Waals surface area contributed by atoms with Gasteiger partial charge in [0.1, 0.15) is 5.75 Å². The molecule has 0 bridgehead atoms. The molecule has 2 aliphatic rings. The first kappa shape index (κ1) is 20.6. The first-order valence-electron chi connectivity index (χ1n) is 11.7. The van der Waals surface area contributed by atoms with E-state index in [1.165, 1.54) is 17.5 Å². The highest BCUT2D eigenvalue weighted by atomic mass is 32.1. The normalized spacial score (nSPS) is 18.8. The lowest BCUT2D eigenvalue weighted by Gasteiger charge is -2.39. The Hall–Kier alpha value is -3.04. The number of piperazine rings is 1. The van der Waals surface area contributed by atoms with E-state index in [2.05, 4.69) is 48.2 Å². The zero-order valence-corrected chi connectivity index (χ0v) is 19.2. The largest absolute Gasteiger partial charge is 0.508 e. The van der Waals surface area contributed by atoms with Crippen LogP contribution in [0.3, 0.4) is 0 Å². The maximum atomic E-state index is 9.86. The molecule has 33 heavy (non-hydrogen) atoms. The van der Waals surface area contributed by atoms with Crippen LogP contribution in [0.5, 0.6) is 5.75 Å². The summed E-state index contributed by atoms with van der Waals surface area (Å²) in [5.74, 6) is 1.18. The van der Waals surface area contributed by atoms with Gasteiger partial charge in [-0.15, -0.1) is 5.10 Å². The lowest BCUT2D eigenvalue weighted by atomic mass is 10.0. The Morgan fingerprint density at radius 2 is 1.70 bits per heavy atom. The molecule has 0 amide bonds. The molecule has 1 N–H and O–H groups in total. The summed E-state index contributed by atoms with van der Waals surface area (Å²) in [5.41, 5.74) is 2.17. The quantitative estimate of drug-likeness (QED) is 0.481. The molecule has 2 aromatic heterocycles. The van der Waals surface area contributed by atoms with E-state index in [4.69, 9.17) is 4.98 Å². The number of para-hydroxylation sites is 1. The van der Waals surface area contributed by atoms with E-state index in [1.807, 2.05) is 18.2 Å². The van der Waals surface area contributed by atoms with Gasteiger partial charge in [-0.3, -0.25) is 4.90 Å². The van der Waals surface area contributed by atoms with Crippen molar-refractivity contribution in [3.05, 3.63) is 59.9 Å². The average Bonchev–Trinajstić information content (AvgIpc) is 3.61. The molecule has 9 heteroatoms. The van der Waals surface area contributed by atoms with E-state index in [9.17, 15) is 5.11 Å². The van der Waals surface area contributed by atoms with Crippen molar-refractivity contribution < 1.29 is 5.11 Å². The molecule has 6 rings (SSSR count). The minimum atomic E-state index is -0.0429. The lowest BCUT2D eigenvalue weighted by Crippen LogP contribution is -2.48. The topological polar surface area (TPSA) is 83.2 Å². The fourth-order valence-corrected chi connectivity index (χ4v) is 6.15. The molecule has 2 fully saturated rings. The van der Waals surface area contributed by atoms with Gasteiger partial charge in [0.05, 0.1) is 22.3 Å². The highest BCUT2D eigenvalue weighted by Crippen LogP contribution is 2.36. The average molecular weight is 462 g/mol. The zero-order chi connectivity index (χ0) is 22.2. The molecule has 2 aromatic carbocycles. The highest BCUT2D eigenvalue weighted by molar-refractivity contribution is 7.22. The van der Waals surface area contributed by atoms with Crippen molar-refractivity contribution in [1.82, 2.24) is 30.1 Å². The van der Waals surface area contributed by atoms with E-state index in [1.54, 1.807) is 23.5 Å². The van der Waals surface area contributed by atoms with E-state index < -0.39 is 0 Å². The molecule has 1 atom stereocenters. The summed E-state index contributed by atoms with van der Waals surface area (Å²) < 4.78 is 3.29. The number of hydrogen-bond donors (Lipinski definition) is 1. The molecule has 0 unspecified atom stereocenters. The van der Waals surface area contributed by atoms with E-state index in [-0.39, 0.29) is 11.8 Å². The monoisotopic (exact) mass is 461 g/mol. The van der Waals surface area contributed by atoms with Gasteiger partial charge in [0.15, 0.2) is 11.0 Å². The van der Waals surface area contributed by atoms with Crippen LogP contribution in [0.4, 0.5) is 5.13 Å². The standard InChI is InChI=1S/C24H27N7OS/c32-19-11-9-17(10-12-19)22(23-26-27-28-31(23)18-5-1-2-6-18)29-13-15-30(16-14-29)24-25-20-7-3-4-8-21(20)33-24/h3-4,7-12,18,22,32H,1-2,5-6,13-16H2/t22-/m1/s1. The van der Waals surface area contributed by atoms with Gasteiger partial charge in [-0.05, 0) is 53.1 Å². The number of fused-ring (bicyclic) bond motifs is 1. The molecule has 1 saturated heterocycles. The number of rotatable bonds is 5. The first-order chi connectivity index (χ1) is 16.3. The molecule has 3 heterocycles. The number of phenols is 1. The SMILES string of the molecule is Oc1ccc([C@H](c2nnnn2C2CCCC2)N2CCN(c3nc4ccccc4s3)CC2)cc1. The Morgan fingerprint density at radius 3 is 2.45 bits per heavy atom. The summed E-state index contributed by atoms with van der Waals surface area (Å²) in [7, 11) is 0. The van der Waals surface area contributed by atoms with Crippen molar-refractivity contribution in [3.63, 3.8) is 0 Å². The van der Waals surface area contributed by atoms with Crippen LogP contribution in [0.1, 0.15) is 49.2 Å². The second-order valence-electron chi connectivity index (χ2n) is 8.90. The summed E-state index contributed by atoms with van der Waals surface area (Å²) in [6, 6.07) is 16.1. The fraction of sp³-hybridized carbons (Fsp3) is 0.417. The molecule has 0 radical (unpaired) electrons. The second-order valence-corrected chi connectivity index (χ2v) is 9.91. The van der Waals surface area contributed by atoms with Crippen molar-refractivity contribution in [2.45, 2.75) is 37.8 Å². The fourth-order valence-electron chi connectivity index (χ4n) is 5.14. The minimum absolute atomic E-state index is 0.0429. The predicted octanol–water partition coefficient (Wildman–Crippen LogP) is 4.02. The number of aromatic nitrogens is 5. The molecular formula is C24H27N7OS. The number of nitrogens with zero attached hydrogens (tertiary/aromatic N) is 7. The van der Waals surface area contributed by atoms with Gasteiger partial charge in [-0.25, -0.2) is 9.67 Å². The summed E-state index contributed by atoms with van der Waals surface area (Å²) in [6.45, 7) is 3.58. The van der Waals surface area contributed by atoms with Crippen LogP contribution in [0.2, 0.25) is 0 Å².